The third-order valence-electron chi connectivity index (χ3n) is 0.791. The van der Waals surface area contributed by atoms with Crippen molar-refractivity contribution in [2.75, 3.05) is 0 Å². The molecule has 1 aliphatic heterocycles. The molecule has 1 rings (SSSR count). The zero-order valence-corrected chi connectivity index (χ0v) is 4.77. The average molecular weight is 153 g/mol. The quantitative estimate of drug-likeness (QED) is 0.563. The van der Waals surface area contributed by atoms with Gasteiger partial charge in [-0.2, -0.15) is 0 Å². The fourth-order valence-electron chi connectivity index (χ4n) is 0.494. The van der Waals surface area contributed by atoms with E-state index in [1.807, 2.05) is 0 Å². The Morgan fingerprint density at radius 2 is 2.30 bits per heavy atom. The first kappa shape index (κ1) is 7.17. The fourth-order valence-corrected chi connectivity index (χ4v) is 0.494. The van der Waals surface area contributed by atoms with E-state index in [-0.39, 0.29) is 12.3 Å². The molecule has 6 heteroatoms. The van der Waals surface area contributed by atoms with Gasteiger partial charge >= 0.3 is 6.36 Å². The average Bonchev–Trinajstić information content (AvgIpc) is 2.12. The molecule has 1 radical (unpaired) electrons. The van der Waals surface area contributed by atoms with E-state index in [1.165, 1.54) is 6.54 Å². The first-order valence-corrected chi connectivity index (χ1v) is 2.47. The number of hydrazone groups is 1. The molecule has 0 amide bonds. The van der Waals surface area contributed by atoms with E-state index >= 15 is 0 Å². The van der Waals surface area contributed by atoms with Crippen LogP contribution in [0.4, 0.5) is 13.2 Å². The molecule has 1 aliphatic rings. The van der Waals surface area contributed by atoms with Crippen molar-refractivity contribution < 1.29 is 17.9 Å². The molecule has 0 aromatic heterocycles. The van der Waals surface area contributed by atoms with Crippen LogP contribution in [0.2, 0.25) is 0 Å². The van der Waals surface area contributed by atoms with Gasteiger partial charge in [0.1, 0.15) is 0 Å². The summed E-state index contributed by atoms with van der Waals surface area (Å²) >= 11 is 0. The van der Waals surface area contributed by atoms with E-state index in [9.17, 15) is 13.2 Å². The highest BCUT2D eigenvalue weighted by Crippen LogP contribution is 2.18. The minimum absolute atomic E-state index is 0.0690. The number of alkyl halides is 3. The van der Waals surface area contributed by atoms with Gasteiger partial charge in [0, 0.05) is 6.42 Å². The first-order chi connectivity index (χ1) is 4.58. The molecule has 0 atom stereocenters. The van der Waals surface area contributed by atoms with Crippen LogP contribution in [-0.2, 0) is 4.74 Å². The highest BCUT2D eigenvalue weighted by atomic mass is 19.4. The second-order valence-electron chi connectivity index (χ2n) is 1.59. The van der Waals surface area contributed by atoms with Crippen LogP contribution < -0.4 is 5.43 Å². The van der Waals surface area contributed by atoms with Crippen molar-refractivity contribution in [2.24, 2.45) is 5.10 Å². The number of hydrogen-bond donors (Lipinski definition) is 1. The van der Waals surface area contributed by atoms with Crippen LogP contribution in [0, 0.1) is 6.54 Å². The zero-order chi connectivity index (χ0) is 7.61. The topological polar surface area (TPSA) is 33.6 Å². The summed E-state index contributed by atoms with van der Waals surface area (Å²) in [6, 6.07) is 0. The van der Waals surface area contributed by atoms with Crippen molar-refractivity contribution in [3.8, 4) is 0 Å². The summed E-state index contributed by atoms with van der Waals surface area (Å²) in [5.41, 5.74) is 2.23. The summed E-state index contributed by atoms with van der Waals surface area (Å²) in [5.74, 6) is -0.354. The molecular weight excluding hydrogens is 149 g/mol. The predicted octanol–water partition coefficient (Wildman–Crippen LogP) is 0.991. The summed E-state index contributed by atoms with van der Waals surface area (Å²) in [5, 5.41) is 3.19. The Balaban J connectivity index is 2.38. The van der Waals surface area contributed by atoms with Crippen LogP contribution in [0.5, 0.6) is 0 Å². The highest BCUT2D eigenvalue weighted by Gasteiger charge is 2.33. The molecule has 0 saturated carbocycles. The van der Waals surface area contributed by atoms with Crippen molar-refractivity contribution in [2.45, 2.75) is 12.8 Å². The van der Waals surface area contributed by atoms with E-state index in [0.717, 1.165) is 0 Å². The Hall–Kier alpha value is -0.940. The summed E-state index contributed by atoms with van der Waals surface area (Å²) in [4.78, 5) is 0. The van der Waals surface area contributed by atoms with Crippen LogP contribution in [-0.4, -0.2) is 12.3 Å². The van der Waals surface area contributed by atoms with Crippen LogP contribution in [0.25, 0.3) is 0 Å². The number of nitrogens with one attached hydrogen (secondary N) is 1. The molecule has 0 saturated heterocycles. The van der Waals surface area contributed by atoms with Gasteiger partial charge in [-0.25, -0.2) is 0 Å². The lowest BCUT2D eigenvalue weighted by Crippen LogP contribution is -2.17. The summed E-state index contributed by atoms with van der Waals surface area (Å²) in [6.07, 6.45) is -4.56. The van der Waals surface area contributed by atoms with Gasteiger partial charge in [-0.05, 0) is 0 Å². The number of rotatable bonds is 0. The molecule has 0 unspecified atom stereocenters. The Bertz CT molecular complexity index is 153. The molecule has 3 nitrogen and oxygen atoms in total. The van der Waals surface area contributed by atoms with E-state index in [4.69, 9.17) is 0 Å². The molecule has 1 N–H and O–H groups in total. The molecular formula is C4H4F3N2O. The molecule has 0 aromatic rings. The Morgan fingerprint density at radius 1 is 1.60 bits per heavy atom. The molecule has 0 aromatic carbocycles. The van der Waals surface area contributed by atoms with Crippen molar-refractivity contribution in [3.63, 3.8) is 0 Å². The Kier molecular flexibility index (Phi) is 1.69. The molecule has 10 heavy (non-hydrogen) atoms. The first-order valence-electron chi connectivity index (χ1n) is 2.47. The van der Waals surface area contributed by atoms with Gasteiger partial charge < -0.3 is 10.2 Å². The van der Waals surface area contributed by atoms with Crippen molar-refractivity contribution in [1.82, 2.24) is 5.43 Å². The molecule has 0 fully saturated rings. The van der Waals surface area contributed by atoms with Crippen LogP contribution in [0.15, 0.2) is 5.10 Å². The second kappa shape index (κ2) is 2.36. The standard InChI is InChI=1S/C4H4F3N2O/c5-4(6,7)10-3-1-2-8-9-3/h2,8H,1H2. The Morgan fingerprint density at radius 3 is 2.70 bits per heavy atom. The van der Waals surface area contributed by atoms with Crippen LogP contribution in [0.1, 0.15) is 6.42 Å². The van der Waals surface area contributed by atoms with E-state index in [0.29, 0.717) is 0 Å². The van der Waals surface area contributed by atoms with Crippen LogP contribution >= 0.6 is 0 Å². The van der Waals surface area contributed by atoms with Gasteiger partial charge in [0.05, 0.1) is 6.54 Å². The van der Waals surface area contributed by atoms with Crippen molar-refractivity contribution >= 4 is 5.90 Å². The van der Waals surface area contributed by atoms with Gasteiger partial charge in [-0.3, -0.25) is 0 Å². The van der Waals surface area contributed by atoms with Gasteiger partial charge in [0.2, 0.25) is 5.90 Å². The van der Waals surface area contributed by atoms with Gasteiger partial charge in [-0.1, -0.05) is 0 Å². The van der Waals surface area contributed by atoms with Gasteiger partial charge in [-0.15, -0.1) is 18.3 Å². The normalized spacial score (nSPS) is 18.1. The summed E-state index contributed by atoms with van der Waals surface area (Å²) in [7, 11) is 0. The number of ether oxygens (including phenoxy) is 1. The van der Waals surface area contributed by atoms with E-state index < -0.39 is 6.36 Å². The second-order valence-corrected chi connectivity index (χ2v) is 1.59. The van der Waals surface area contributed by atoms with Crippen molar-refractivity contribution in [1.29, 1.82) is 0 Å². The molecule has 0 bridgehead atoms. The maximum atomic E-state index is 11.4. The number of halogens is 3. The third-order valence-corrected chi connectivity index (χ3v) is 0.791. The highest BCUT2D eigenvalue weighted by molar-refractivity contribution is 5.78. The molecule has 57 valence electrons. The molecule has 1 heterocycles. The summed E-state index contributed by atoms with van der Waals surface area (Å²) < 4.78 is 37.5. The minimum Gasteiger partial charge on any atom is -0.390 e. The SMILES string of the molecule is FC(F)(F)OC1=NN[CH]C1. The maximum Gasteiger partial charge on any atom is 0.574 e. The van der Waals surface area contributed by atoms with Crippen LogP contribution in [0.3, 0.4) is 0 Å². The third kappa shape index (κ3) is 2.12. The lowest BCUT2D eigenvalue weighted by Gasteiger charge is -2.05. The number of hydrogen-bond acceptors (Lipinski definition) is 3. The van der Waals surface area contributed by atoms with Crippen molar-refractivity contribution in [3.05, 3.63) is 6.54 Å². The minimum atomic E-state index is -4.63. The van der Waals surface area contributed by atoms with E-state index in [1.54, 1.807) is 0 Å². The summed E-state index contributed by atoms with van der Waals surface area (Å²) in [6.45, 7) is 1.36. The van der Waals surface area contributed by atoms with Gasteiger partial charge in [0.25, 0.3) is 0 Å². The number of nitrogens with zero attached hydrogens (tertiary/aromatic N) is 1. The smallest absolute Gasteiger partial charge is 0.390 e. The molecule has 0 spiro atoms. The van der Waals surface area contributed by atoms with E-state index in [2.05, 4.69) is 15.3 Å². The fraction of sp³-hybridized carbons (Fsp3) is 0.500. The predicted molar refractivity (Wildman–Crippen MR) is 26.6 cm³/mol. The zero-order valence-electron chi connectivity index (χ0n) is 4.77. The molecule has 0 aliphatic carbocycles. The van der Waals surface area contributed by atoms with Gasteiger partial charge in [0.15, 0.2) is 0 Å². The Labute approximate surface area is 54.9 Å². The lowest BCUT2D eigenvalue weighted by atomic mass is 10.5. The monoisotopic (exact) mass is 153 g/mol. The maximum absolute atomic E-state index is 11.4. The largest absolute Gasteiger partial charge is 0.574 e. The lowest BCUT2D eigenvalue weighted by molar-refractivity contribution is -0.284.